The van der Waals surface area contributed by atoms with Gasteiger partial charge < -0.3 is 18.9 Å². The van der Waals surface area contributed by atoms with E-state index in [1.807, 2.05) is 13.8 Å². The molecule has 2 fully saturated rings. The number of methoxy groups -OCH3 is 1. The van der Waals surface area contributed by atoms with Gasteiger partial charge >= 0.3 is 12.2 Å². The Labute approximate surface area is 249 Å². The van der Waals surface area contributed by atoms with Gasteiger partial charge in [-0.3, -0.25) is 0 Å². The van der Waals surface area contributed by atoms with Crippen LogP contribution in [0, 0.1) is 36.5 Å². The summed E-state index contributed by atoms with van der Waals surface area (Å²) in [7, 11) is 1.47. The maximum atomic E-state index is 15.6. The van der Waals surface area contributed by atoms with Crippen LogP contribution in [0.25, 0.3) is 0 Å². The number of allylic oxidation sites excluding steroid dienone is 6. The van der Waals surface area contributed by atoms with Gasteiger partial charge in [0.2, 0.25) is 0 Å². The van der Waals surface area contributed by atoms with E-state index in [0.29, 0.717) is 17.4 Å². The number of ether oxygens (including phenoxy) is 4. The third kappa shape index (κ3) is 8.11. The Balaban J connectivity index is 1.78. The maximum Gasteiger partial charge on any atom is 0.423 e. The van der Waals surface area contributed by atoms with E-state index < -0.39 is 12.2 Å². The van der Waals surface area contributed by atoms with E-state index in [-0.39, 0.29) is 57.4 Å². The van der Waals surface area contributed by atoms with Gasteiger partial charge in [0.25, 0.3) is 0 Å². The zero-order chi connectivity index (χ0) is 30.5. The molecule has 0 aromatic heterocycles. The first-order chi connectivity index (χ1) is 19.2. The molecule has 2 saturated carbocycles. The predicted molar refractivity (Wildman–Crippen MR) is 156 cm³/mol. The molecule has 41 heavy (non-hydrogen) atoms. The van der Waals surface area contributed by atoms with Crippen LogP contribution in [0.15, 0.2) is 65.2 Å². The molecule has 5 atom stereocenters. The van der Waals surface area contributed by atoms with Crippen LogP contribution in [0.3, 0.4) is 0 Å². The highest BCUT2D eigenvalue weighted by atomic mass is 79.9. The quantitative estimate of drug-likeness (QED) is 0.0927. The molecule has 0 heterocycles. The van der Waals surface area contributed by atoms with E-state index >= 15 is 8.78 Å². The SMILES string of the molecule is CO/C(C)=C/C=C(\C1C(C)C[C@@H]1C)C(F)(F)Oc1ccc(OC(F)(F)/C(C)=C/C=C(/OCBr)C2CCC2C)cc1C. The summed E-state index contributed by atoms with van der Waals surface area (Å²) < 4.78 is 82.0. The summed E-state index contributed by atoms with van der Waals surface area (Å²) in [6, 6.07) is 3.71. The third-order valence-electron chi connectivity index (χ3n) is 8.28. The summed E-state index contributed by atoms with van der Waals surface area (Å²) in [4.78, 5) is 0. The minimum Gasteiger partial charge on any atom is -0.501 e. The number of hydrogen-bond acceptors (Lipinski definition) is 4. The fourth-order valence-electron chi connectivity index (χ4n) is 5.50. The molecule has 2 aliphatic carbocycles. The molecule has 4 nitrogen and oxygen atoms in total. The Morgan fingerprint density at radius 2 is 1.61 bits per heavy atom. The summed E-state index contributed by atoms with van der Waals surface area (Å²) in [6.07, 6.45) is 1.36. The molecular formula is C32H41BrF4O4. The lowest BCUT2D eigenvalue weighted by Crippen LogP contribution is -2.42. The lowest BCUT2D eigenvalue weighted by Gasteiger charge is -2.44. The zero-order valence-electron chi connectivity index (χ0n) is 24.8. The summed E-state index contributed by atoms with van der Waals surface area (Å²) in [6.45, 7) is 10.4. The average Bonchev–Trinajstić information content (AvgIpc) is 2.89. The smallest absolute Gasteiger partial charge is 0.423 e. The van der Waals surface area contributed by atoms with Gasteiger partial charge in [0, 0.05) is 17.1 Å². The fraction of sp³-hybridized carbons (Fsp3) is 0.562. The predicted octanol–water partition coefficient (Wildman–Crippen LogP) is 9.95. The summed E-state index contributed by atoms with van der Waals surface area (Å²) in [5, 5.41) is 0. The highest BCUT2D eigenvalue weighted by molar-refractivity contribution is 9.09. The van der Waals surface area contributed by atoms with Gasteiger partial charge in [0.05, 0.1) is 12.9 Å². The minimum atomic E-state index is -3.63. The number of alkyl halides is 5. The summed E-state index contributed by atoms with van der Waals surface area (Å²) in [5.41, 5.74) is 0.0557. The first kappa shape index (κ1) is 33.1. The molecule has 3 rings (SSSR count). The van der Waals surface area contributed by atoms with Crippen LogP contribution in [-0.4, -0.2) is 24.8 Å². The summed E-state index contributed by atoms with van der Waals surface area (Å²) >= 11 is 3.23. The lowest BCUT2D eigenvalue weighted by atomic mass is 9.63. The molecule has 1 aromatic rings. The minimum absolute atomic E-state index is 0.0754. The Morgan fingerprint density at radius 3 is 2.12 bits per heavy atom. The Morgan fingerprint density at radius 1 is 0.927 bits per heavy atom. The molecule has 4 unspecified atom stereocenters. The maximum absolute atomic E-state index is 15.6. The van der Waals surface area contributed by atoms with Gasteiger partial charge in [0.15, 0.2) is 0 Å². The largest absolute Gasteiger partial charge is 0.501 e. The van der Waals surface area contributed by atoms with Crippen LogP contribution in [-0.2, 0) is 9.47 Å². The van der Waals surface area contributed by atoms with Gasteiger partial charge in [-0.15, -0.1) is 0 Å². The normalized spacial score (nSPS) is 26.2. The van der Waals surface area contributed by atoms with Crippen LogP contribution in [0.5, 0.6) is 11.5 Å². The van der Waals surface area contributed by atoms with Gasteiger partial charge in [-0.05, 0) is 122 Å². The molecule has 0 saturated heterocycles. The second-order valence-corrected chi connectivity index (χ2v) is 11.8. The molecule has 0 bridgehead atoms. The second-order valence-electron chi connectivity index (χ2n) is 11.3. The van der Waals surface area contributed by atoms with Crippen LogP contribution in [0.2, 0.25) is 0 Å². The standard InChI is InChI=1S/C32H41BrF4O4/c1-19-8-12-26(19)29(39-18-33)14-9-23(5)31(34,35)40-25-11-15-28(20(2)17-25)41-32(36,37)27(13-10-24(6)38-7)30-21(3)16-22(30)4/h9-11,13-15,17,19,21-22,26,30H,8,12,16,18H2,1-7H3/b23-9+,24-10+,27-13+,29-14+/t19?,21-,22?,26?,30?/m0/s1. The molecule has 228 valence electrons. The lowest BCUT2D eigenvalue weighted by molar-refractivity contribution is -0.157. The van der Waals surface area contributed by atoms with E-state index in [1.54, 1.807) is 13.0 Å². The molecule has 0 radical (unpaired) electrons. The molecule has 0 aliphatic heterocycles. The van der Waals surface area contributed by atoms with E-state index in [0.717, 1.165) is 19.3 Å². The van der Waals surface area contributed by atoms with Gasteiger partial charge in [-0.25, -0.2) is 0 Å². The van der Waals surface area contributed by atoms with Crippen LogP contribution < -0.4 is 9.47 Å². The summed E-state index contributed by atoms with van der Waals surface area (Å²) in [5.74, 6) is 1.28. The number of benzene rings is 1. The van der Waals surface area contributed by atoms with Crippen LogP contribution >= 0.6 is 15.9 Å². The molecule has 0 N–H and O–H groups in total. The monoisotopic (exact) mass is 644 g/mol. The topological polar surface area (TPSA) is 36.9 Å². The van der Waals surface area contributed by atoms with E-state index in [9.17, 15) is 8.78 Å². The van der Waals surface area contributed by atoms with Crippen molar-refractivity contribution in [3.05, 3.63) is 70.7 Å². The van der Waals surface area contributed by atoms with Gasteiger partial charge in [-0.1, -0.05) is 26.8 Å². The van der Waals surface area contributed by atoms with Crippen molar-refractivity contribution in [2.75, 3.05) is 12.6 Å². The number of hydrogen-bond donors (Lipinski definition) is 0. The van der Waals surface area contributed by atoms with E-state index in [1.165, 1.54) is 57.4 Å². The van der Waals surface area contributed by atoms with Crippen molar-refractivity contribution in [3.8, 4) is 11.5 Å². The first-order valence-electron chi connectivity index (χ1n) is 13.9. The molecule has 1 aromatic carbocycles. The van der Waals surface area contributed by atoms with Crippen molar-refractivity contribution < 1.29 is 36.5 Å². The van der Waals surface area contributed by atoms with Crippen molar-refractivity contribution in [2.45, 2.75) is 73.0 Å². The zero-order valence-corrected chi connectivity index (χ0v) is 26.4. The highest BCUT2D eigenvalue weighted by Gasteiger charge is 2.49. The van der Waals surface area contributed by atoms with Gasteiger partial charge in [-0.2, -0.15) is 17.6 Å². The van der Waals surface area contributed by atoms with Crippen LogP contribution in [0.1, 0.15) is 59.4 Å². The number of halogens is 5. The second kappa shape index (κ2) is 13.7. The Hall–Kier alpha value is -2.42. The molecule has 2 aliphatic rings. The number of aryl methyl sites for hydroxylation is 1. The molecule has 0 amide bonds. The molecule has 0 spiro atoms. The van der Waals surface area contributed by atoms with E-state index in [4.69, 9.17) is 18.9 Å². The van der Waals surface area contributed by atoms with Crippen molar-refractivity contribution in [3.63, 3.8) is 0 Å². The Kier molecular flexibility index (Phi) is 11.1. The Bertz CT molecular complexity index is 1180. The molecule has 9 heteroatoms. The third-order valence-corrected chi connectivity index (χ3v) is 8.51. The average molecular weight is 646 g/mol. The molecular weight excluding hydrogens is 604 g/mol. The van der Waals surface area contributed by atoms with Crippen molar-refractivity contribution in [1.82, 2.24) is 0 Å². The van der Waals surface area contributed by atoms with E-state index in [2.05, 4.69) is 22.9 Å². The fourth-order valence-corrected chi connectivity index (χ4v) is 5.76. The van der Waals surface area contributed by atoms with Crippen LogP contribution in [0.4, 0.5) is 17.6 Å². The highest BCUT2D eigenvalue weighted by Crippen LogP contribution is 2.49. The van der Waals surface area contributed by atoms with Crippen molar-refractivity contribution in [1.29, 1.82) is 0 Å². The number of rotatable bonds is 13. The van der Waals surface area contributed by atoms with Crippen molar-refractivity contribution in [2.24, 2.45) is 29.6 Å². The van der Waals surface area contributed by atoms with Gasteiger partial charge in [0.1, 0.15) is 22.8 Å². The van der Waals surface area contributed by atoms with Crippen molar-refractivity contribution >= 4 is 15.9 Å². The first-order valence-corrected chi connectivity index (χ1v) is 15.1.